The van der Waals surface area contributed by atoms with Crippen LogP contribution in [-0.2, 0) is 41.8 Å². The summed E-state index contributed by atoms with van der Waals surface area (Å²) in [7, 11) is 0. The molecule has 2 aromatic carbocycles. The van der Waals surface area contributed by atoms with Gasteiger partial charge in [0.25, 0.3) is 0 Å². The van der Waals surface area contributed by atoms with E-state index < -0.39 is 30.4 Å². The topological polar surface area (TPSA) is 102 Å². The average Bonchev–Trinajstić information content (AvgIpc) is 3.24. The summed E-state index contributed by atoms with van der Waals surface area (Å²) >= 11 is 0. The van der Waals surface area contributed by atoms with Crippen LogP contribution in [0.4, 0.5) is 0 Å². The molecule has 4 unspecified atom stereocenters. The Bertz CT molecular complexity index is 1130. The van der Waals surface area contributed by atoms with Gasteiger partial charge in [0.05, 0.1) is 26.0 Å². The molecule has 0 saturated carbocycles. The second-order valence-electron chi connectivity index (χ2n) is 8.21. The highest BCUT2D eigenvalue weighted by molar-refractivity contribution is 5.82. The molecule has 9 heteroatoms. The SMILES string of the molecule is CC(=O)OC1C(C)COC(n2cc(COCc3ccc4ccccc4c3)nn2)C1OC(C)=O. The van der Waals surface area contributed by atoms with Crippen molar-refractivity contribution in [2.75, 3.05) is 6.61 Å². The van der Waals surface area contributed by atoms with E-state index in [9.17, 15) is 9.59 Å². The number of rotatable bonds is 7. The third-order valence-corrected chi connectivity index (χ3v) is 5.45. The third-order valence-electron chi connectivity index (χ3n) is 5.45. The Morgan fingerprint density at radius 2 is 1.76 bits per heavy atom. The minimum absolute atomic E-state index is 0.150. The highest BCUT2D eigenvalue weighted by Gasteiger charge is 2.44. The number of esters is 2. The summed E-state index contributed by atoms with van der Waals surface area (Å²) in [5.74, 6) is -1.10. The number of nitrogens with zero attached hydrogens (tertiary/aromatic N) is 3. The lowest BCUT2D eigenvalue weighted by Crippen LogP contribution is -2.51. The molecule has 174 valence electrons. The second-order valence-corrected chi connectivity index (χ2v) is 8.21. The van der Waals surface area contributed by atoms with Crippen molar-refractivity contribution in [3.8, 4) is 0 Å². The van der Waals surface area contributed by atoms with Gasteiger partial charge >= 0.3 is 11.9 Å². The molecule has 1 aliphatic rings. The van der Waals surface area contributed by atoms with Crippen LogP contribution in [0.5, 0.6) is 0 Å². The van der Waals surface area contributed by atoms with E-state index in [0.717, 1.165) is 10.9 Å². The van der Waals surface area contributed by atoms with Crippen molar-refractivity contribution in [2.24, 2.45) is 5.92 Å². The third kappa shape index (κ3) is 5.55. The first-order valence-electron chi connectivity index (χ1n) is 10.8. The number of carbonyl (C=O) groups is 2. The fourth-order valence-electron chi connectivity index (χ4n) is 3.95. The summed E-state index contributed by atoms with van der Waals surface area (Å²) in [5, 5.41) is 10.6. The van der Waals surface area contributed by atoms with E-state index in [2.05, 4.69) is 34.6 Å². The summed E-state index contributed by atoms with van der Waals surface area (Å²) in [6.07, 6.45) is -0.580. The molecule has 33 heavy (non-hydrogen) atoms. The molecule has 0 radical (unpaired) electrons. The van der Waals surface area contributed by atoms with Crippen LogP contribution in [0.2, 0.25) is 0 Å². The van der Waals surface area contributed by atoms with Crippen molar-refractivity contribution in [1.82, 2.24) is 15.0 Å². The highest BCUT2D eigenvalue weighted by atomic mass is 16.6. The lowest BCUT2D eigenvalue weighted by Gasteiger charge is -2.39. The minimum Gasteiger partial charge on any atom is -0.458 e. The predicted octanol–water partition coefficient (Wildman–Crippen LogP) is 3.18. The van der Waals surface area contributed by atoms with Gasteiger partial charge in [-0.05, 0) is 22.4 Å². The maximum atomic E-state index is 11.7. The summed E-state index contributed by atoms with van der Waals surface area (Å²) in [6, 6.07) is 14.4. The maximum Gasteiger partial charge on any atom is 0.303 e. The van der Waals surface area contributed by atoms with Crippen LogP contribution in [0.1, 0.15) is 38.3 Å². The maximum absolute atomic E-state index is 11.7. The number of hydrogen-bond acceptors (Lipinski definition) is 8. The zero-order valence-electron chi connectivity index (χ0n) is 18.8. The normalized spacial score (nSPS) is 22.8. The Morgan fingerprint density at radius 3 is 2.52 bits per heavy atom. The molecule has 0 amide bonds. The summed E-state index contributed by atoms with van der Waals surface area (Å²) < 4.78 is 24.1. The quantitative estimate of drug-likeness (QED) is 0.503. The standard InChI is InChI=1S/C24H27N3O6/c1-15-12-31-24(23(33-17(3)29)22(15)32-16(2)28)27-11-21(25-26-27)14-30-13-18-8-9-19-6-4-5-7-20(19)10-18/h4-11,15,22-24H,12-14H2,1-3H3. The first-order valence-corrected chi connectivity index (χ1v) is 10.8. The molecule has 0 spiro atoms. The van der Waals surface area contributed by atoms with Crippen molar-refractivity contribution in [3.05, 3.63) is 59.9 Å². The number of benzene rings is 2. The van der Waals surface area contributed by atoms with Gasteiger partial charge in [0.1, 0.15) is 11.8 Å². The van der Waals surface area contributed by atoms with Crippen LogP contribution in [0.25, 0.3) is 10.8 Å². The van der Waals surface area contributed by atoms with Crippen molar-refractivity contribution in [2.45, 2.75) is 52.4 Å². The molecule has 0 N–H and O–H groups in total. The molecule has 1 saturated heterocycles. The molecule has 0 aliphatic carbocycles. The van der Waals surface area contributed by atoms with E-state index in [1.807, 2.05) is 25.1 Å². The van der Waals surface area contributed by atoms with E-state index in [0.29, 0.717) is 18.9 Å². The molecule has 1 fully saturated rings. The molecular formula is C24H27N3O6. The number of fused-ring (bicyclic) bond motifs is 1. The lowest BCUT2D eigenvalue weighted by molar-refractivity contribution is -0.222. The van der Waals surface area contributed by atoms with Gasteiger partial charge < -0.3 is 18.9 Å². The van der Waals surface area contributed by atoms with E-state index in [-0.39, 0.29) is 12.5 Å². The molecule has 0 bridgehead atoms. The van der Waals surface area contributed by atoms with Gasteiger partial charge in [-0.1, -0.05) is 48.5 Å². The minimum atomic E-state index is -0.844. The number of carbonyl (C=O) groups excluding carboxylic acids is 2. The summed E-state index contributed by atoms with van der Waals surface area (Å²) in [6.45, 7) is 5.49. The second kappa shape index (κ2) is 10.1. The van der Waals surface area contributed by atoms with Crippen LogP contribution in [0, 0.1) is 5.92 Å². The van der Waals surface area contributed by atoms with Gasteiger partial charge in [0, 0.05) is 19.8 Å². The molecule has 4 rings (SSSR count). The van der Waals surface area contributed by atoms with E-state index in [4.69, 9.17) is 18.9 Å². The van der Waals surface area contributed by atoms with Gasteiger partial charge in [-0.3, -0.25) is 9.59 Å². The van der Waals surface area contributed by atoms with Gasteiger partial charge in [0.2, 0.25) is 0 Å². The fourth-order valence-corrected chi connectivity index (χ4v) is 3.95. The first-order chi connectivity index (χ1) is 15.9. The van der Waals surface area contributed by atoms with Gasteiger partial charge in [-0.2, -0.15) is 0 Å². The highest BCUT2D eigenvalue weighted by Crippen LogP contribution is 2.31. The monoisotopic (exact) mass is 453 g/mol. The van der Waals surface area contributed by atoms with Crippen LogP contribution in [0.15, 0.2) is 48.7 Å². The predicted molar refractivity (Wildman–Crippen MR) is 118 cm³/mol. The Morgan fingerprint density at radius 1 is 1.03 bits per heavy atom. The molecule has 2 heterocycles. The Balaban J connectivity index is 1.42. The van der Waals surface area contributed by atoms with Crippen LogP contribution in [0.3, 0.4) is 0 Å². The van der Waals surface area contributed by atoms with Crippen molar-refractivity contribution in [1.29, 1.82) is 0 Å². The van der Waals surface area contributed by atoms with Gasteiger partial charge in [-0.15, -0.1) is 5.10 Å². The molecule has 9 nitrogen and oxygen atoms in total. The van der Waals surface area contributed by atoms with E-state index in [1.54, 1.807) is 6.20 Å². The largest absolute Gasteiger partial charge is 0.458 e. The summed E-state index contributed by atoms with van der Waals surface area (Å²) in [4.78, 5) is 23.3. The van der Waals surface area contributed by atoms with E-state index >= 15 is 0 Å². The van der Waals surface area contributed by atoms with E-state index in [1.165, 1.54) is 23.9 Å². The lowest BCUT2D eigenvalue weighted by atomic mass is 9.96. The van der Waals surface area contributed by atoms with Crippen LogP contribution >= 0.6 is 0 Å². The zero-order chi connectivity index (χ0) is 23.4. The number of ether oxygens (including phenoxy) is 4. The van der Waals surface area contributed by atoms with Gasteiger partial charge in [0.15, 0.2) is 12.3 Å². The molecule has 4 atom stereocenters. The number of aromatic nitrogens is 3. The van der Waals surface area contributed by atoms with Crippen molar-refractivity contribution >= 4 is 22.7 Å². The van der Waals surface area contributed by atoms with Crippen LogP contribution in [-0.4, -0.2) is 45.7 Å². The number of hydrogen-bond donors (Lipinski definition) is 0. The average molecular weight is 453 g/mol. The summed E-state index contributed by atoms with van der Waals surface area (Å²) in [5.41, 5.74) is 1.66. The smallest absolute Gasteiger partial charge is 0.303 e. The first kappa shape index (κ1) is 22.9. The molecular weight excluding hydrogens is 426 g/mol. The fraction of sp³-hybridized carbons (Fsp3) is 0.417. The van der Waals surface area contributed by atoms with Crippen molar-refractivity contribution < 1.29 is 28.5 Å². The zero-order valence-corrected chi connectivity index (χ0v) is 18.8. The Kier molecular flexibility index (Phi) is 7.00. The Hall–Kier alpha value is -3.30. The van der Waals surface area contributed by atoms with Gasteiger partial charge in [-0.25, -0.2) is 4.68 Å². The molecule has 1 aromatic heterocycles. The van der Waals surface area contributed by atoms with Crippen LogP contribution < -0.4 is 0 Å². The molecule has 1 aliphatic heterocycles. The Labute approximate surface area is 191 Å². The molecule has 3 aromatic rings. The van der Waals surface area contributed by atoms with Crippen molar-refractivity contribution in [3.63, 3.8) is 0 Å².